The molecule has 3 aliphatic rings. The van der Waals surface area contributed by atoms with Gasteiger partial charge in [-0.2, -0.15) is 15.3 Å². The van der Waals surface area contributed by atoms with E-state index >= 15 is 0 Å². The van der Waals surface area contributed by atoms with E-state index in [1.54, 1.807) is 56.6 Å². The van der Waals surface area contributed by atoms with Gasteiger partial charge in [0.2, 0.25) is 0 Å². The molecule has 11 aromatic rings. The molecular formula is C63H65Cs2N15O6S3. The van der Waals surface area contributed by atoms with Crippen molar-refractivity contribution in [3.63, 3.8) is 0 Å². The summed E-state index contributed by atoms with van der Waals surface area (Å²) in [5.74, 6) is 5.57. The number of carbonyl (C=O) groups is 1. The van der Waals surface area contributed by atoms with Crippen LogP contribution in [0.2, 0.25) is 0 Å². The van der Waals surface area contributed by atoms with Crippen LogP contribution in [0.4, 0.5) is 17.5 Å². The molecule has 6 aromatic heterocycles. The quantitative estimate of drug-likeness (QED) is 0.0452. The van der Waals surface area contributed by atoms with Crippen LogP contribution in [0.1, 0.15) is 46.3 Å². The number of nitrogens with zero attached hydrogens (tertiary/aromatic N) is 14. The third-order valence-electron chi connectivity index (χ3n) is 15.0. The van der Waals surface area contributed by atoms with E-state index in [0.29, 0.717) is 6.54 Å². The summed E-state index contributed by atoms with van der Waals surface area (Å²) in [6, 6.07) is 45.5. The number of methoxy groups -OCH3 is 3. The van der Waals surface area contributed by atoms with Crippen LogP contribution in [0.3, 0.4) is 0 Å². The molecule has 9 heterocycles. The van der Waals surface area contributed by atoms with E-state index in [-0.39, 0.29) is 146 Å². The minimum absolute atomic E-state index is 0. The molecule has 14 rings (SSSR count). The number of aromatic nitrogens is 12. The van der Waals surface area contributed by atoms with Gasteiger partial charge in [0, 0.05) is 58.5 Å². The zero-order valence-corrected chi connectivity index (χ0v) is 66.0. The van der Waals surface area contributed by atoms with E-state index in [1.807, 2.05) is 72.0 Å². The fourth-order valence-electron chi connectivity index (χ4n) is 10.8. The Bertz CT molecular complexity index is 4060. The molecule has 1 N–H and O–H groups in total. The normalized spacial score (nSPS) is 12.6. The van der Waals surface area contributed by atoms with Crippen LogP contribution in [0.25, 0.3) is 33.1 Å². The van der Waals surface area contributed by atoms with E-state index in [0.717, 1.165) is 160 Å². The maximum atomic E-state index is 8.64. The zero-order valence-electron chi connectivity index (χ0n) is 52.0. The number of thioether (sulfide) groups is 3. The Kier molecular flexibility index (Phi) is 25.5. The number of nitrogens with one attached hydrogen (secondary N) is 1. The van der Waals surface area contributed by atoms with Gasteiger partial charge in [-0.05, 0) is 83.0 Å². The molecule has 0 radical (unpaired) electrons. The first kappa shape index (κ1) is 68.5. The molecule has 0 atom stereocenters. The van der Waals surface area contributed by atoms with Crippen molar-refractivity contribution < 1.29 is 168 Å². The second-order valence-corrected chi connectivity index (χ2v) is 22.7. The summed E-state index contributed by atoms with van der Waals surface area (Å²) in [5, 5.41) is 31.2. The Balaban J connectivity index is 0.000000168. The predicted octanol–water partition coefficient (Wildman–Crippen LogP) is 3.54. The smallest absolute Gasteiger partial charge is 1.00 e. The van der Waals surface area contributed by atoms with E-state index in [1.165, 1.54) is 33.5 Å². The number of carbonyl (C=O) groups excluding carboxylic acids is 1. The number of benzene rings is 5. The fraction of sp³-hybridized carbons (Fsp3) is 0.270. The fourth-order valence-corrected chi connectivity index (χ4v) is 11.9. The summed E-state index contributed by atoms with van der Waals surface area (Å²) in [6.07, 6.45) is 8.76. The standard InChI is InChI=1S/2C23H23N5OS.C16H17N5OS.CH2O3.2Cs.H/c1-29-18-10-8-17(9-11-18)14-27-13-12-19-20-21(24-23(30-2)25-22(20)27)26-28(19)15-16-6-4-3-5-7-16;1-29-18-10-8-17(9-11-18)14-27-13-12-19-20-21(27)24-23(30-2)25-22(20)28(26-19)15-16-6-4-3-5-7-16;1-22-11-5-3-10(4-6-11)9-21-8-7-12-13-14(20-19-12)17-16(23-2)18-15(13)21;2-1-4-3;;;/h2*3-11H,12-15H2,1-2H3;3-6H,7-9H2,1-2H3,(H,17,18,19,20);1,3H;;;/q;;;;2*+1;-1/p-1. The van der Waals surface area contributed by atoms with Crippen LogP contribution in [-0.2, 0) is 61.7 Å². The number of ether oxygens (including phenoxy) is 3. The van der Waals surface area contributed by atoms with E-state index < -0.39 is 0 Å². The summed E-state index contributed by atoms with van der Waals surface area (Å²) < 4.78 is 19.9. The second kappa shape index (κ2) is 33.1. The van der Waals surface area contributed by atoms with Crippen molar-refractivity contribution in [2.45, 2.75) is 67.5 Å². The molecule has 0 amide bonds. The Morgan fingerprint density at radius 3 is 1.38 bits per heavy atom. The minimum atomic E-state index is -0.181. The number of hydrogen-bond acceptors (Lipinski definition) is 21. The Morgan fingerprint density at radius 2 is 0.910 bits per heavy atom. The average molecular weight is 1490 g/mol. The molecule has 3 aliphatic heterocycles. The van der Waals surface area contributed by atoms with Gasteiger partial charge in [0.05, 0.1) is 67.7 Å². The maximum Gasteiger partial charge on any atom is 1.00 e. The molecular weight excluding hydrogens is 1420 g/mol. The van der Waals surface area contributed by atoms with E-state index in [4.69, 9.17) is 59.4 Å². The first-order valence-corrected chi connectivity index (χ1v) is 31.7. The van der Waals surface area contributed by atoms with Crippen LogP contribution in [0.5, 0.6) is 17.2 Å². The summed E-state index contributed by atoms with van der Waals surface area (Å²) in [6.45, 7) is 6.40. The molecule has 0 bridgehead atoms. The van der Waals surface area contributed by atoms with Gasteiger partial charge in [0.1, 0.15) is 34.7 Å². The second-order valence-electron chi connectivity index (χ2n) is 20.3. The molecule has 448 valence electrons. The Labute approximate surface area is 647 Å². The van der Waals surface area contributed by atoms with Gasteiger partial charge in [-0.25, -0.2) is 34.6 Å². The number of hydrogen-bond donors (Lipinski definition) is 1. The van der Waals surface area contributed by atoms with Crippen molar-refractivity contribution in [2.24, 2.45) is 0 Å². The van der Waals surface area contributed by atoms with Gasteiger partial charge in [-0.1, -0.05) is 132 Å². The summed E-state index contributed by atoms with van der Waals surface area (Å²) >= 11 is 4.66. The van der Waals surface area contributed by atoms with Gasteiger partial charge in [-0.3, -0.25) is 14.6 Å². The van der Waals surface area contributed by atoms with Crippen molar-refractivity contribution in [1.29, 1.82) is 0 Å². The Morgan fingerprint density at radius 1 is 0.494 bits per heavy atom. The molecule has 0 unspecified atom stereocenters. The van der Waals surface area contributed by atoms with Gasteiger partial charge in [0.15, 0.2) is 32.4 Å². The molecule has 0 aliphatic carbocycles. The largest absolute Gasteiger partial charge is 1.00 e. The zero-order chi connectivity index (χ0) is 60.2. The summed E-state index contributed by atoms with van der Waals surface area (Å²) in [7, 11) is 5.06. The van der Waals surface area contributed by atoms with Crippen LogP contribution in [0.15, 0.2) is 149 Å². The van der Waals surface area contributed by atoms with Crippen LogP contribution in [-0.4, -0.2) is 126 Å². The average Bonchev–Trinajstić information content (AvgIpc) is 1.60. The molecule has 0 spiro atoms. The minimum Gasteiger partial charge on any atom is -1.00 e. The molecule has 0 saturated heterocycles. The monoisotopic (exact) mass is 1490 g/mol. The van der Waals surface area contributed by atoms with Crippen LogP contribution < -0.4 is 172 Å². The number of H-pyrrole nitrogens is 1. The molecule has 0 fully saturated rings. The van der Waals surface area contributed by atoms with Gasteiger partial charge < -0.3 is 40.5 Å². The third kappa shape index (κ3) is 16.5. The van der Waals surface area contributed by atoms with E-state index in [2.05, 4.69) is 124 Å². The van der Waals surface area contributed by atoms with Crippen molar-refractivity contribution in [1.82, 2.24) is 59.7 Å². The molecule has 21 nitrogen and oxygen atoms in total. The first-order chi connectivity index (χ1) is 42.7. The number of rotatable bonds is 17. The molecule has 89 heavy (non-hydrogen) atoms. The number of aromatic amines is 1. The van der Waals surface area contributed by atoms with Crippen LogP contribution >= 0.6 is 35.3 Å². The molecule has 5 aromatic carbocycles. The van der Waals surface area contributed by atoms with Crippen LogP contribution in [0, 0.1) is 0 Å². The van der Waals surface area contributed by atoms with Crippen molar-refractivity contribution in [3.8, 4) is 17.2 Å². The van der Waals surface area contributed by atoms with Crippen molar-refractivity contribution >= 4 is 92.3 Å². The SMILES string of the molecule is COc1ccc(CN2CCc3[nH]nc4nc(SC)nc2c34)cc1.COc1ccc(CN2CCc3c4c2nc(SC)nc4nn3Cc2ccccc2)cc1.COc1ccc(CN2CCc3nn(Cc4ccccc4)c4nc(SC)nc2c34)cc1.O=CO[O-].[Cs+].[Cs+].[H-]. The van der Waals surface area contributed by atoms with Gasteiger partial charge in [0.25, 0.3) is 6.47 Å². The summed E-state index contributed by atoms with van der Waals surface area (Å²) in [4.78, 5) is 46.7. The van der Waals surface area contributed by atoms with Crippen molar-refractivity contribution in [2.75, 3.05) is 74.4 Å². The topological polar surface area (TPSA) is 228 Å². The van der Waals surface area contributed by atoms with Gasteiger partial charge >= 0.3 is 138 Å². The number of anilines is 3. The van der Waals surface area contributed by atoms with E-state index in [9.17, 15) is 0 Å². The Hall–Kier alpha value is -4.87. The molecule has 26 heteroatoms. The van der Waals surface area contributed by atoms with Gasteiger partial charge in [-0.15, -0.1) is 0 Å². The maximum absolute atomic E-state index is 8.64. The van der Waals surface area contributed by atoms with Crippen molar-refractivity contribution in [3.05, 3.63) is 178 Å². The first-order valence-electron chi connectivity index (χ1n) is 28.1. The summed E-state index contributed by atoms with van der Waals surface area (Å²) in [5.41, 5.74) is 12.1. The third-order valence-corrected chi connectivity index (χ3v) is 16.7. The predicted molar refractivity (Wildman–Crippen MR) is 340 cm³/mol. The molecule has 0 saturated carbocycles.